The Labute approximate surface area is 131 Å². The first-order chi connectivity index (χ1) is 10.1. The molecule has 22 heavy (non-hydrogen) atoms. The van der Waals surface area contributed by atoms with E-state index in [1.807, 2.05) is 19.1 Å². The maximum atomic E-state index is 11.8. The fourth-order valence-corrected chi connectivity index (χ4v) is 1.68. The van der Waals surface area contributed by atoms with Crippen molar-refractivity contribution in [1.82, 2.24) is 5.32 Å². The largest absolute Gasteiger partial charge is 0.514 e. The van der Waals surface area contributed by atoms with Gasteiger partial charge in [-0.05, 0) is 40.2 Å². The molecule has 0 saturated carbocycles. The summed E-state index contributed by atoms with van der Waals surface area (Å²) in [5, 5.41) is 2.72. The highest BCUT2D eigenvalue weighted by Crippen LogP contribution is 2.24. The van der Waals surface area contributed by atoms with E-state index < -0.39 is 11.8 Å². The second-order valence-electron chi connectivity index (χ2n) is 6.09. The van der Waals surface area contributed by atoms with Crippen LogP contribution in [0.2, 0.25) is 0 Å². The molecule has 0 atom stereocenters. The summed E-state index contributed by atoms with van der Waals surface area (Å²) in [6.45, 7) is 12.6. The highest BCUT2D eigenvalue weighted by molar-refractivity contribution is 5.92. The highest BCUT2D eigenvalue weighted by atomic mass is 16.7. The van der Waals surface area contributed by atoms with Crippen molar-refractivity contribution >= 4 is 12.1 Å². The second-order valence-corrected chi connectivity index (χ2v) is 6.09. The molecule has 0 unspecified atom stereocenters. The van der Waals surface area contributed by atoms with Gasteiger partial charge < -0.3 is 14.8 Å². The molecule has 120 valence electrons. The molecule has 0 radical (unpaired) electrons. The molecule has 0 aromatic heterocycles. The third-order valence-corrected chi connectivity index (χ3v) is 2.70. The van der Waals surface area contributed by atoms with Gasteiger partial charge in [-0.3, -0.25) is 4.79 Å². The number of nitrogens with one attached hydrogen (secondary N) is 1. The van der Waals surface area contributed by atoms with Crippen LogP contribution in [0.25, 0.3) is 0 Å². The molecule has 0 heterocycles. The Bertz CT molecular complexity index is 585. The van der Waals surface area contributed by atoms with E-state index in [1.54, 1.807) is 33.8 Å². The minimum atomic E-state index is -0.769. The number of aryl methyl sites for hydroxylation is 1. The lowest BCUT2D eigenvalue weighted by atomic mass is 10.1. The lowest BCUT2D eigenvalue weighted by molar-refractivity contribution is -0.117. The molecular weight excluding hydrogens is 282 g/mol. The van der Waals surface area contributed by atoms with E-state index in [1.165, 1.54) is 0 Å². The maximum absolute atomic E-state index is 11.8. The second kappa shape index (κ2) is 7.11. The molecule has 1 rings (SSSR count). The number of hydrogen-bond donors (Lipinski definition) is 1. The van der Waals surface area contributed by atoms with Crippen molar-refractivity contribution in [3.05, 3.63) is 41.5 Å². The summed E-state index contributed by atoms with van der Waals surface area (Å²) in [6.07, 6.45) is -0.769. The van der Waals surface area contributed by atoms with Crippen LogP contribution < -0.4 is 10.1 Å². The topological polar surface area (TPSA) is 64.6 Å². The number of para-hydroxylation sites is 1. The van der Waals surface area contributed by atoms with Gasteiger partial charge in [-0.25, -0.2) is 4.79 Å². The molecule has 1 aromatic rings. The predicted molar refractivity (Wildman–Crippen MR) is 84.7 cm³/mol. The molecule has 0 aliphatic carbocycles. The lowest BCUT2D eigenvalue weighted by Gasteiger charge is -2.20. The Morgan fingerprint density at radius 2 is 1.91 bits per heavy atom. The normalized spacial score (nSPS) is 10.8. The summed E-state index contributed by atoms with van der Waals surface area (Å²) < 4.78 is 10.5. The van der Waals surface area contributed by atoms with E-state index in [4.69, 9.17) is 9.47 Å². The van der Waals surface area contributed by atoms with Crippen molar-refractivity contribution in [2.45, 2.75) is 46.8 Å². The number of amides is 1. The van der Waals surface area contributed by atoms with Gasteiger partial charge in [0.1, 0.15) is 11.4 Å². The van der Waals surface area contributed by atoms with E-state index in [2.05, 4.69) is 11.9 Å². The Hall–Kier alpha value is -2.30. The monoisotopic (exact) mass is 305 g/mol. The van der Waals surface area contributed by atoms with Crippen LogP contribution >= 0.6 is 0 Å². The number of benzene rings is 1. The Balaban J connectivity index is 2.87. The summed E-state index contributed by atoms with van der Waals surface area (Å²) in [5.74, 6) is 0.156. The van der Waals surface area contributed by atoms with Gasteiger partial charge in [-0.2, -0.15) is 0 Å². The molecule has 0 saturated heterocycles. The first kappa shape index (κ1) is 17.8. The number of carbonyl (C=O) groups is 2. The number of ether oxygens (including phenoxy) is 2. The number of rotatable bonds is 4. The van der Waals surface area contributed by atoms with Crippen LogP contribution in [0.15, 0.2) is 30.4 Å². The molecule has 5 heteroatoms. The van der Waals surface area contributed by atoms with Crippen LogP contribution in [0.3, 0.4) is 0 Å². The molecule has 0 bridgehead atoms. The van der Waals surface area contributed by atoms with Gasteiger partial charge in [-0.1, -0.05) is 24.8 Å². The minimum absolute atomic E-state index is 0.242. The summed E-state index contributed by atoms with van der Waals surface area (Å²) >= 11 is 0. The molecule has 1 N–H and O–H groups in total. The van der Waals surface area contributed by atoms with Crippen LogP contribution in [0, 0.1) is 6.92 Å². The Morgan fingerprint density at radius 1 is 1.27 bits per heavy atom. The van der Waals surface area contributed by atoms with Crippen LogP contribution in [-0.4, -0.2) is 17.7 Å². The van der Waals surface area contributed by atoms with E-state index in [0.717, 1.165) is 5.56 Å². The quantitative estimate of drug-likeness (QED) is 0.525. The van der Waals surface area contributed by atoms with Crippen molar-refractivity contribution in [3.63, 3.8) is 0 Å². The van der Waals surface area contributed by atoms with Gasteiger partial charge in [0.2, 0.25) is 5.91 Å². The fraction of sp³-hybridized carbons (Fsp3) is 0.412. The molecule has 1 aromatic carbocycles. The molecule has 5 nitrogen and oxygen atoms in total. The van der Waals surface area contributed by atoms with Crippen molar-refractivity contribution in [2.24, 2.45) is 0 Å². The number of carbonyl (C=O) groups excluding carboxylic acids is 2. The Morgan fingerprint density at radius 3 is 2.45 bits per heavy atom. The van der Waals surface area contributed by atoms with Gasteiger partial charge in [0.15, 0.2) is 0 Å². The zero-order valence-electron chi connectivity index (χ0n) is 13.8. The smallest absolute Gasteiger partial charge is 0.428 e. The van der Waals surface area contributed by atoms with E-state index >= 15 is 0 Å². The minimum Gasteiger partial charge on any atom is -0.428 e. The molecule has 0 aliphatic rings. The van der Waals surface area contributed by atoms with Crippen molar-refractivity contribution < 1.29 is 19.1 Å². The van der Waals surface area contributed by atoms with Crippen molar-refractivity contribution in [1.29, 1.82) is 0 Å². The van der Waals surface area contributed by atoms with Crippen LogP contribution in [0.4, 0.5) is 4.79 Å². The van der Waals surface area contributed by atoms with Crippen LogP contribution in [-0.2, 0) is 16.1 Å². The summed E-state index contributed by atoms with van der Waals surface area (Å²) in [7, 11) is 0. The molecule has 0 fully saturated rings. The standard InChI is InChI=1S/C17H23NO4/c1-11(2)15(19)18-10-13-9-7-8-12(3)14(13)21-16(20)22-17(4,5)6/h7-9H,1,10H2,2-6H3,(H,18,19). The van der Waals surface area contributed by atoms with Gasteiger partial charge in [-0.15, -0.1) is 0 Å². The van der Waals surface area contributed by atoms with E-state index in [-0.39, 0.29) is 12.5 Å². The SMILES string of the molecule is C=C(C)C(=O)NCc1cccc(C)c1OC(=O)OC(C)(C)C. The van der Waals surface area contributed by atoms with Gasteiger partial charge >= 0.3 is 6.16 Å². The van der Waals surface area contributed by atoms with Crippen molar-refractivity contribution in [2.75, 3.05) is 0 Å². The van der Waals surface area contributed by atoms with Gasteiger partial charge in [0, 0.05) is 17.7 Å². The average Bonchev–Trinajstić information content (AvgIpc) is 2.36. The zero-order valence-corrected chi connectivity index (χ0v) is 13.8. The summed E-state index contributed by atoms with van der Waals surface area (Å²) in [5.41, 5.74) is 1.27. The lowest BCUT2D eigenvalue weighted by Crippen LogP contribution is -2.27. The molecule has 0 aliphatic heterocycles. The van der Waals surface area contributed by atoms with Gasteiger partial charge in [0.05, 0.1) is 0 Å². The Kier molecular flexibility index (Phi) is 5.74. The first-order valence-corrected chi connectivity index (χ1v) is 7.03. The first-order valence-electron chi connectivity index (χ1n) is 7.03. The fourth-order valence-electron chi connectivity index (χ4n) is 1.68. The van der Waals surface area contributed by atoms with Crippen LogP contribution in [0.1, 0.15) is 38.8 Å². The number of hydrogen-bond acceptors (Lipinski definition) is 4. The third-order valence-electron chi connectivity index (χ3n) is 2.70. The van der Waals surface area contributed by atoms with Crippen molar-refractivity contribution in [3.8, 4) is 5.75 Å². The maximum Gasteiger partial charge on any atom is 0.514 e. The molecular formula is C17H23NO4. The van der Waals surface area contributed by atoms with Crippen LogP contribution in [0.5, 0.6) is 5.75 Å². The van der Waals surface area contributed by atoms with E-state index in [9.17, 15) is 9.59 Å². The molecule has 0 spiro atoms. The zero-order chi connectivity index (χ0) is 16.9. The van der Waals surface area contributed by atoms with Gasteiger partial charge in [0.25, 0.3) is 0 Å². The van der Waals surface area contributed by atoms with E-state index in [0.29, 0.717) is 16.9 Å². The average molecular weight is 305 g/mol. The molecule has 1 amide bonds. The highest BCUT2D eigenvalue weighted by Gasteiger charge is 2.20. The predicted octanol–water partition coefficient (Wildman–Crippen LogP) is 3.50. The summed E-state index contributed by atoms with van der Waals surface area (Å²) in [4.78, 5) is 23.4. The third kappa shape index (κ3) is 5.60. The summed E-state index contributed by atoms with van der Waals surface area (Å²) in [6, 6.07) is 5.44.